The molecule has 0 bridgehead atoms. The Hall–Kier alpha value is -7.00. The molecule has 20 N–H and O–H groups in total. The number of hydrogen-bond donors (Lipinski definition) is 15. The molecule has 130 heavy (non-hydrogen) atoms. The maximum Gasteiger partial charge on any atom is 0.191 e. The Morgan fingerprint density at radius 2 is 0.569 bits per heavy atom. The van der Waals surface area contributed by atoms with E-state index in [1.165, 1.54) is 37.1 Å². The van der Waals surface area contributed by atoms with Gasteiger partial charge in [0.2, 0.25) is 0 Å². The van der Waals surface area contributed by atoms with E-state index >= 15 is 0 Å². The Morgan fingerprint density at radius 3 is 0.823 bits per heavy atom. The van der Waals surface area contributed by atoms with E-state index in [1.54, 1.807) is 36.1 Å². The van der Waals surface area contributed by atoms with Gasteiger partial charge in [-0.05, 0) is 156 Å². The first-order valence-corrected chi connectivity index (χ1v) is 58.9. The van der Waals surface area contributed by atoms with Crippen LogP contribution in [0.2, 0.25) is 0 Å². The minimum atomic E-state index is -1.24. The van der Waals surface area contributed by atoms with Gasteiger partial charge in [-0.25, -0.2) is 74.8 Å². The van der Waals surface area contributed by atoms with Crippen molar-refractivity contribution in [2.75, 3.05) is 132 Å². The number of nitrogens with zero attached hydrogens (tertiary/aromatic N) is 20. The zero-order valence-electron chi connectivity index (χ0n) is 75.3. The molecule has 40 nitrogen and oxygen atoms in total. The van der Waals surface area contributed by atoms with Gasteiger partial charge < -0.3 is 103 Å². The maximum atomic E-state index is 10.6. The molecule has 10 aromatic rings. The lowest BCUT2D eigenvalue weighted by molar-refractivity contribution is -0.0353. The van der Waals surface area contributed by atoms with Gasteiger partial charge >= 0.3 is 0 Å². The Labute approximate surface area is 766 Å². The lowest BCUT2D eigenvalue weighted by Crippen LogP contribution is -2.31. The summed E-state index contributed by atoms with van der Waals surface area (Å²) in [7, 11) is 0. The fourth-order valence-corrected chi connectivity index (χ4v) is 20.4. The zero-order valence-corrected chi connectivity index (χ0v) is 80.6. The number of imidazole rings is 5. The summed E-state index contributed by atoms with van der Waals surface area (Å²) in [5.41, 5.74) is 34.6. The lowest BCUT2D eigenvalue weighted by atomic mass is 10.1. The maximum absolute atomic E-state index is 10.6. The molecule has 726 valence electrons. The first-order chi connectivity index (χ1) is 59.5. The van der Waals surface area contributed by atoms with Gasteiger partial charge in [0.1, 0.15) is 112 Å². The second-order valence-corrected chi connectivity index (χ2v) is 59.0. The molecule has 10 aromatic heterocycles. The predicted molar refractivity (Wildman–Crippen MR) is 534 cm³/mol. The molecule has 0 amide bonds. The third-order valence-corrected chi connectivity index (χ3v) is 30.2. The molecule has 0 aliphatic carbocycles. The molecule has 5 fully saturated rings. The van der Waals surface area contributed by atoms with Gasteiger partial charge in [-0.3, -0.25) is 22.8 Å². The predicted octanol–water partition coefficient (Wildman–Crippen LogP) is 6.43. The third kappa shape index (κ3) is 26.0. The smallest absolute Gasteiger partial charge is 0.191 e. The van der Waals surface area contributed by atoms with Gasteiger partial charge in [-0.1, -0.05) is 61.2 Å². The molecule has 5 aliphatic rings. The van der Waals surface area contributed by atoms with Crippen LogP contribution in [0.4, 0.5) is 29.1 Å². The van der Waals surface area contributed by atoms with Crippen LogP contribution in [0.5, 0.6) is 0 Å². The lowest BCUT2D eigenvalue weighted by Gasteiger charge is -2.18. The molecule has 46 heteroatoms. The van der Waals surface area contributed by atoms with E-state index in [9.17, 15) is 51.1 Å². The van der Waals surface area contributed by atoms with Gasteiger partial charge in [0, 0.05) is 19.3 Å². The molecule has 0 spiro atoms. The Bertz CT molecular complexity index is 5580. The first-order valence-electron chi connectivity index (χ1n) is 42.4. The fourth-order valence-electron chi connectivity index (χ4n) is 15.3. The molecular weight excluding hydrogens is 1790 g/mol. The largest absolute Gasteiger partial charge is 0.388 e. The van der Waals surface area contributed by atoms with Crippen molar-refractivity contribution >= 4 is 163 Å². The van der Waals surface area contributed by atoms with E-state index < -0.39 is 157 Å². The van der Waals surface area contributed by atoms with Gasteiger partial charge in [-0.2, -0.15) is 0 Å². The summed E-state index contributed by atoms with van der Waals surface area (Å²) in [5.74, 6) is 3.88. The van der Waals surface area contributed by atoms with Crippen LogP contribution in [0, 0.1) is 6.92 Å². The van der Waals surface area contributed by atoms with Crippen LogP contribution < -0.4 is 28.7 Å². The SMILES string of the molecule is C.C.C.C=P(C)(C)CC[C@H]1O[C@@H](n2cnc3c(N)nc(C)nc32)[C@H](O)[C@@H]1O.C=P(C)(C)CC[C@H]1O[C@@H](n2cnc3c(N)nc(CC)nc32)[C@H](O)[C@@H]1O.C=P(C)(C)CC[C@H]1O[C@@H](n2cnc3c(N)nc(CCC)nc32)[C@H](O)[C@@H]1O.C=P(C)(C)CC[C@H]1O[C@@H](n2cnc3c(N)nc(CCCC)nc32)[C@H](O)[C@@H]1O.C=P(C)(C)CC[C@H]1O[C@@H](n2cnc3c(N)nc(SC)nc32)[C@H](O)[C@@H]1O. The van der Waals surface area contributed by atoms with Crippen molar-refractivity contribution in [2.45, 2.75) is 248 Å². The molecule has 0 saturated carbocycles. The van der Waals surface area contributed by atoms with Crippen molar-refractivity contribution in [3.8, 4) is 0 Å². The summed E-state index contributed by atoms with van der Waals surface area (Å²) in [6.45, 7) is 23.0. The number of aromatic nitrogens is 20. The highest BCUT2D eigenvalue weighted by Crippen LogP contribution is 2.46. The van der Waals surface area contributed by atoms with E-state index in [1.807, 2.05) is 20.1 Å². The number of nitrogens with two attached hydrogens (primary N) is 5. The molecule has 15 rings (SSSR count). The number of nitrogen functional groups attached to an aromatic ring is 5. The van der Waals surface area contributed by atoms with Crippen LogP contribution in [0.15, 0.2) is 36.8 Å². The van der Waals surface area contributed by atoms with Crippen molar-refractivity contribution in [1.82, 2.24) is 97.6 Å². The van der Waals surface area contributed by atoms with Crippen molar-refractivity contribution in [3.05, 3.63) is 54.9 Å². The summed E-state index contributed by atoms with van der Waals surface area (Å²) in [6, 6.07) is 0. The molecule has 20 atom stereocenters. The summed E-state index contributed by atoms with van der Waals surface area (Å²) >= 11 is 1.37. The van der Waals surface area contributed by atoms with Crippen molar-refractivity contribution in [3.63, 3.8) is 0 Å². The summed E-state index contributed by atoms with van der Waals surface area (Å²) < 4.78 is 38.0. The molecule has 0 unspecified atom stereocenters. The summed E-state index contributed by atoms with van der Waals surface area (Å²) in [5, 5.41) is 105. The van der Waals surface area contributed by atoms with E-state index in [-0.39, 0.29) is 33.9 Å². The fraction of sp³-hybridized carbons (Fsp3) is 0.643. The number of rotatable bonds is 27. The Morgan fingerprint density at radius 1 is 0.331 bits per heavy atom. The average molecular weight is 1930 g/mol. The minimum absolute atomic E-state index is 0. The number of aliphatic hydroxyl groups is 10. The molecule has 15 heterocycles. The molecule has 5 aliphatic heterocycles. The van der Waals surface area contributed by atoms with Crippen molar-refractivity contribution in [2.24, 2.45) is 0 Å². The standard InChI is InChI=1S/C18H30N5O3P.C17H28N5O3P.C16H26N5O3P.C15H24N5O3PS.C15H24N5O3P.3CH4/c1-5-6-7-12-21-16(19)13-17(22-12)23(10-20-13)18-15(25)14(24)11(26-18)8-9-27(2,3)4;1-5-6-11-20-15(18)12-16(21-11)22(9-19-12)17-14(24)13(23)10(25-17)7-8-26(2,3)4;1-5-10-19-14(17)11-15(20-10)21(8-18-11)16-13(23)12(22)9(24-16)6-7-25(2,3)4;1-24(2,3)6-5-8-10(21)11(22)14(23-8)20-7-17-9-12(16)18-15(25-4)19-13(9)20;1-8-18-13(16)10-14(19-8)20(7-17-10)15-12(22)11(21)9(23-15)5-6-24(2,3)4;;;/h10-11,14-15,18,24-25H,2,5-9H2,1,3-4H3,(H2,19,21,22);9-10,13-14,17,23-24H,2,5-8H2,1,3-4H3,(H2,18,20,21);8-9,12-13,16,22-23H,2,5-7H2,1,3-4H3,(H2,17,19,20);7-8,10-11,14,21-22H,1,5-6H2,2-4H3,(H2,16,18,19);7,9,11-12,15,21-22H,2,5-6H2,1,3-4H3,(H2,16,18,19);3*1H4/t11-,14-,15-,18-;10-,13-,14-,17-;9-,12-,13-,16-;8-,10-,11-,14-;9-,11-,12-,15-;;;/m11111.../s1. The number of unbranched alkanes of at least 4 members (excludes halogenated alkanes) is 1. The van der Waals surface area contributed by atoms with E-state index in [0.717, 1.165) is 56.5 Å². The molecule has 0 radical (unpaired) electrons. The Balaban J connectivity index is 0.000000199. The number of hydrogen-bond acceptors (Lipinski definition) is 36. The molecule has 5 saturated heterocycles. The first kappa shape index (κ1) is 108. The van der Waals surface area contributed by atoms with E-state index in [4.69, 9.17) is 52.4 Å². The monoisotopic (exact) mass is 1930 g/mol. The number of aryl methyl sites for hydroxylation is 4. The van der Waals surface area contributed by atoms with Crippen LogP contribution in [-0.2, 0) is 42.9 Å². The number of fused-ring (bicyclic) bond motifs is 5. The van der Waals surface area contributed by atoms with Crippen LogP contribution in [0.3, 0.4) is 0 Å². The number of aliphatic hydroxyl groups excluding tert-OH is 10. The van der Waals surface area contributed by atoms with Crippen LogP contribution >= 0.6 is 46.2 Å². The average Bonchev–Trinajstić information content (AvgIpc) is 1.63. The second-order valence-electron chi connectivity index (χ2n) is 36.6. The number of anilines is 5. The summed E-state index contributed by atoms with van der Waals surface area (Å²) in [6.07, 6.45) is 26.9. The highest BCUT2D eigenvalue weighted by Gasteiger charge is 2.49. The van der Waals surface area contributed by atoms with Crippen LogP contribution in [-0.4, -0.2) is 375 Å². The van der Waals surface area contributed by atoms with Gasteiger partial charge in [0.25, 0.3) is 0 Å². The normalized spacial score (nSPS) is 26.4. The second kappa shape index (κ2) is 44.7. The molecule has 0 aromatic carbocycles. The Kier molecular flexibility index (Phi) is 37.2. The van der Waals surface area contributed by atoms with Gasteiger partial charge in [0.15, 0.2) is 93.6 Å². The van der Waals surface area contributed by atoms with Gasteiger partial charge in [-0.15, -0.1) is 65.9 Å². The van der Waals surface area contributed by atoms with Gasteiger partial charge in [0.05, 0.1) is 62.2 Å². The topological polar surface area (TPSA) is 597 Å². The quantitative estimate of drug-likeness (QED) is 0.0150. The van der Waals surface area contributed by atoms with E-state index in [2.05, 4.69) is 180 Å². The van der Waals surface area contributed by atoms with Crippen LogP contribution in [0.25, 0.3) is 55.8 Å². The summed E-state index contributed by atoms with van der Waals surface area (Å²) in [4.78, 5) is 64.6. The zero-order chi connectivity index (χ0) is 93.2. The van der Waals surface area contributed by atoms with Crippen molar-refractivity contribution in [1.29, 1.82) is 0 Å². The minimum Gasteiger partial charge on any atom is -0.388 e. The van der Waals surface area contributed by atoms with E-state index in [0.29, 0.717) is 147 Å². The van der Waals surface area contributed by atoms with Crippen molar-refractivity contribution < 1.29 is 74.7 Å². The third-order valence-electron chi connectivity index (χ3n) is 22.4. The number of thioether (sulfide) groups is 1. The number of ether oxygens (including phenoxy) is 5. The van der Waals surface area contributed by atoms with Crippen LogP contribution in [0.1, 0.15) is 149 Å². The highest BCUT2D eigenvalue weighted by atomic mass is 32.2. The molecular formula is C84H144N25O15P5S. The highest BCUT2D eigenvalue weighted by molar-refractivity contribution is 7.98.